The van der Waals surface area contributed by atoms with Crippen molar-refractivity contribution in [3.63, 3.8) is 0 Å². The van der Waals surface area contributed by atoms with Crippen LogP contribution in [-0.4, -0.2) is 22.2 Å². The molecular formula is C22H25N3O3. The summed E-state index contributed by atoms with van der Waals surface area (Å²) in [7, 11) is 0. The van der Waals surface area contributed by atoms with E-state index in [-0.39, 0.29) is 22.8 Å². The molecule has 4 aliphatic carbocycles. The van der Waals surface area contributed by atoms with Crippen molar-refractivity contribution in [3.05, 3.63) is 40.2 Å². The molecule has 0 saturated heterocycles. The van der Waals surface area contributed by atoms with Gasteiger partial charge < -0.3 is 5.11 Å². The summed E-state index contributed by atoms with van der Waals surface area (Å²) in [6, 6.07) is 7.01. The van der Waals surface area contributed by atoms with Gasteiger partial charge in [0.05, 0.1) is 11.8 Å². The van der Waals surface area contributed by atoms with Crippen molar-refractivity contribution in [1.29, 1.82) is 0 Å². The second-order valence-electron chi connectivity index (χ2n) is 9.15. The molecule has 4 aliphatic rings. The Bertz CT molecular complexity index is 988. The van der Waals surface area contributed by atoms with Crippen LogP contribution in [0.15, 0.2) is 34.2 Å². The lowest BCUT2D eigenvalue weighted by Gasteiger charge is -2.56. The summed E-state index contributed by atoms with van der Waals surface area (Å²) in [5, 5.41) is 15.3. The molecule has 1 amide bonds. The van der Waals surface area contributed by atoms with Crippen LogP contribution < -0.4 is 11.0 Å². The minimum atomic E-state index is -0.351. The van der Waals surface area contributed by atoms with Gasteiger partial charge in [0.25, 0.3) is 5.56 Å². The summed E-state index contributed by atoms with van der Waals surface area (Å²) in [6.07, 6.45) is 9.56. The first kappa shape index (κ1) is 17.5. The van der Waals surface area contributed by atoms with E-state index in [9.17, 15) is 14.7 Å². The van der Waals surface area contributed by atoms with E-state index >= 15 is 0 Å². The Morgan fingerprint density at radius 2 is 1.75 bits per heavy atom. The van der Waals surface area contributed by atoms with Gasteiger partial charge in [0.2, 0.25) is 11.8 Å². The molecule has 6 rings (SSSR count). The van der Waals surface area contributed by atoms with Crippen LogP contribution in [0.5, 0.6) is 5.88 Å². The highest BCUT2D eigenvalue weighted by molar-refractivity contribution is 6.01. The quantitative estimate of drug-likeness (QED) is 0.562. The van der Waals surface area contributed by atoms with Gasteiger partial charge >= 0.3 is 0 Å². The molecule has 1 aromatic carbocycles. The van der Waals surface area contributed by atoms with Crippen molar-refractivity contribution in [3.8, 4) is 5.88 Å². The predicted octanol–water partition coefficient (Wildman–Crippen LogP) is 3.29. The van der Waals surface area contributed by atoms with Gasteiger partial charge in [0.1, 0.15) is 0 Å². The summed E-state index contributed by atoms with van der Waals surface area (Å²) in [5.41, 5.74) is 2.85. The minimum absolute atomic E-state index is 0.0635. The molecule has 4 saturated carbocycles. The second-order valence-corrected chi connectivity index (χ2v) is 9.15. The Kier molecular flexibility index (Phi) is 4.03. The number of hydrogen-bond donors (Lipinski definition) is 3. The van der Waals surface area contributed by atoms with Gasteiger partial charge in [-0.3, -0.25) is 14.6 Å². The molecule has 4 bridgehead atoms. The Morgan fingerprint density at radius 3 is 2.39 bits per heavy atom. The molecular weight excluding hydrogens is 354 g/mol. The third-order valence-corrected chi connectivity index (χ3v) is 7.03. The number of amides is 1. The summed E-state index contributed by atoms with van der Waals surface area (Å²) >= 11 is 0. The summed E-state index contributed by atoms with van der Waals surface area (Å²) in [6.45, 7) is 0. The zero-order valence-electron chi connectivity index (χ0n) is 15.8. The van der Waals surface area contributed by atoms with Gasteiger partial charge in [-0.25, -0.2) is 5.43 Å². The number of carbonyl (C=O) groups excluding carboxylic acids is 1. The van der Waals surface area contributed by atoms with Gasteiger partial charge in [0.15, 0.2) is 0 Å². The smallest absolute Gasteiger partial charge is 0.258 e. The second kappa shape index (κ2) is 6.47. The Morgan fingerprint density at radius 1 is 1.14 bits per heavy atom. The molecule has 4 fully saturated rings. The highest BCUT2D eigenvalue weighted by Gasteiger charge is 2.51. The van der Waals surface area contributed by atoms with Gasteiger partial charge in [-0.1, -0.05) is 18.2 Å². The number of aromatic nitrogens is 1. The minimum Gasteiger partial charge on any atom is -0.494 e. The number of carbonyl (C=O) groups is 1. The Labute approximate surface area is 163 Å². The van der Waals surface area contributed by atoms with Crippen molar-refractivity contribution in [1.82, 2.24) is 10.4 Å². The molecule has 0 spiro atoms. The largest absolute Gasteiger partial charge is 0.494 e. The van der Waals surface area contributed by atoms with E-state index in [1.54, 1.807) is 24.3 Å². The average Bonchev–Trinajstić information content (AvgIpc) is 2.63. The molecule has 28 heavy (non-hydrogen) atoms. The van der Waals surface area contributed by atoms with E-state index in [0.29, 0.717) is 22.8 Å². The maximum atomic E-state index is 12.6. The molecule has 1 heterocycles. The highest BCUT2D eigenvalue weighted by atomic mass is 16.3. The van der Waals surface area contributed by atoms with Crippen LogP contribution in [0.1, 0.15) is 50.5 Å². The molecule has 2 aromatic rings. The molecule has 0 aliphatic heterocycles. The monoisotopic (exact) mass is 379 g/mol. The molecule has 6 heteroatoms. The third kappa shape index (κ3) is 3.01. The number of aromatic amines is 1. The van der Waals surface area contributed by atoms with E-state index in [4.69, 9.17) is 0 Å². The van der Waals surface area contributed by atoms with E-state index in [2.05, 4.69) is 15.5 Å². The molecule has 6 nitrogen and oxygen atoms in total. The fourth-order valence-electron chi connectivity index (χ4n) is 6.47. The van der Waals surface area contributed by atoms with Crippen molar-refractivity contribution >= 4 is 22.9 Å². The predicted molar refractivity (Wildman–Crippen MR) is 107 cm³/mol. The first-order valence-corrected chi connectivity index (χ1v) is 10.2. The third-order valence-electron chi connectivity index (χ3n) is 7.03. The van der Waals surface area contributed by atoms with Gasteiger partial charge in [0, 0.05) is 17.2 Å². The number of hydrogen-bond acceptors (Lipinski definition) is 4. The molecule has 1 aromatic heterocycles. The normalized spacial score (nSPS) is 30.9. The topological polar surface area (TPSA) is 94.5 Å². The van der Waals surface area contributed by atoms with Crippen molar-refractivity contribution < 1.29 is 9.90 Å². The zero-order valence-corrected chi connectivity index (χ0v) is 15.8. The zero-order chi connectivity index (χ0) is 19.3. The SMILES string of the molecule is O=C(CC12CC3CC(CC(C3)C1)C2)N/N=C/c1c(O)[nH]c(=O)c2ccccc12. The summed E-state index contributed by atoms with van der Waals surface area (Å²) in [5.74, 6) is 2.13. The van der Waals surface area contributed by atoms with Crippen molar-refractivity contribution in [2.75, 3.05) is 0 Å². The van der Waals surface area contributed by atoms with E-state index < -0.39 is 0 Å². The fourth-order valence-corrected chi connectivity index (χ4v) is 6.47. The lowest BCUT2D eigenvalue weighted by atomic mass is 9.49. The fraction of sp³-hybridized carbons (Fsp3) is 0.500. The number of pyridine rings is 1. The molecule has 0 radical (unpaired) electrons. The first-order chi connectivity index (χ1) is 13.5. The van der Waals surface area contributed by atoms with E-state index in [1.165, 1.54) is 44.7 Å². The number of hydrazone groups is 1. The highest BCUT2D eigenvalue weighted by Crippen LogP contribution is 2.61. The number of aromatic hydroxyl groups is 1. The lowest BCUT2D eigenvalue weighted by Crippen LogP contribution is -2.47. The summed E-state index contributed by atoms with van der Waals surface area (Å²) < 4.78 is 0. The molecule has 146 valence electrons. The van der Waals surface area contributed by atoms with Gasteiger partial charge in [-0.2, -0.15) is 5.10 Å². The van der Waals surface area contributed by atoms with Crippen LogP contribution in [0.3, 0.4) is 0 Å². The lowest BCUT2D eigenvalue weighted by molar-refractivity contribution is -0.129. The van der Waals surface area contributed by atoms with E-state index in [1.807, 2.05) is 0 Å². The number of benzene rings is 1. The molecule has 0 unspecified atom stereocenters. The number of rotatable bonds is 4. The van der Waals surface area contributed by atoms with Crippen LogP contribution in [-0.2, 0) is 4.79 Å². The standard InChI is InChI=1S/C22H25N3O3/c26-19(11-22-8-13-5-14(9-22)7-15(6-13)10-22)25-23-12-18-16-3-1-2-4-17(16)20(27)24-21(18)28/h1-4,12-15H,5-11H2,(H,25,26)(H2,24,27,28)/b23-12+. The Hall–Kier alpha value is -2.63. The molecule has 3 N–H and O–H groups in total. The van der Waals surface area contributed by atoms with Crippen LogP contribution in [0, 0.1) is 23.2 Å². The van der Waals surface area contributed by atoms with Crippen LogP contribution in [0.2, 0.25) is 0 Å². The Balaban J connectivity index is 1.31. The molecule has 0 atom stereocenters. The van der Waals surface area contributed by atoms with Gasteiger partial charge in [-0.05, 0) is 67.8 Å². The van der Waals surface area contributed by atoms with E-state index in [0.717, 1.165) is 17.8 Å². The van der Waals surface area contributed by atoms with Crippen LogP contribution in [0.4, 0.5) is 0 Å². The number of nitrogens with zero attached hydrogens (tertiary/aromatic N) is 1. The number of nitrogens with one attached hydrogen (secondary N) is 2. The maximum absolute atomic E-state index is 12.6. The van der Waals surface area contributed by atoms with Crippen molar-refractivity contribution in [2.45, 2.75) is 44.9 Å². The van der Waals surface area contributed by atoms with Crippen molar-refractivity contribution in [2.24, 2.45) is 28.3 Å². The first-order valence-electron chi connectivity index (χ1n) is 10.2. The van der Waals surface area contributed by atoms with Crippen LogP contribution >= 0.6 is 0 Å². The van der Waals surface area contributed by atoms with Gasteiger partial charge in [-0.15, -0.1) is 0 Å². The number of fused-ring (bicyclic) bond motifs is 1. The maximum Gasteiger partial charge on any atom is 0.258 e. The van der Waals surface area contributed by atoms with Crippen LogP contribution in [0.25, 0.3) is 10.8 Å². The summed E-state index contributed by atoms with van der Waals surface area (Å²) in [4.78, 5) is 27.0. The number of H-pyrrole nitrogens is 1. The average molecular weight is 379 g/mol.